The molecule has 0 bridgehead atoms. The van der Waals surface area contributed by atoms with Crippen molar-refractivity contribution in [3.05, 3.63) is 35.4 Å². The van der Waals surface area contributed by atoms with E-state index in [1.807, 2.05) is 0 Å². The van der Waals surface area contributed by atoms with E-state index < -0.39 is 5.97 Å². The van der Waals surface area contributed by atoms with Crippen molar-refractivity contribution in [3.63, 3.8) is 0 Å². The summed E-state index contributed by atoms with van der Waals surface area (Å²) < 4.78 is 5.71. The van der Waals surface area contributed by atoms with E-state index in [2.05, 4.69) is 19.2 Å². The Balaban J connectivity index is 1.81. The number of carboxylic acid groups (broad SMARTS) is 1. The predicted octanol–water partition coefficient (Wildman–Crippen LogP) is 2.10. The van der Waals surface area contributed by atoms with Crippen LogP contribution in [0, 0.1) is 11.8 Å². The normalized spacial score (nSPS) is 21.0. The van der Waals surface area contributed by atoms with Crippen molar-refractivity contribution in [2.45, 2.75) is 32.8 Å². The lowest BCUT2D eigenvalue weighted by Crippen LogP contribution is -2.35. The van der Waals surface area contributed by atoms with Gasteiger partial charge in [-0.05, 0) is 30.0 Å². The van der Waals surface area contributed by atoms with Crippen LogP contribution >= 0.6 is 0 Å². The Morgan fingerprint density at radius 3 is 2.59 bits per heavy atom. The van der Waals surface area contributed by atoms with E-state index in [9.17, 15) is 9.59 Å². The number of nitrogens with one attached hydrogen (secondary N) is 1. The minimum atomic E-state index is -0.961. The Bertz CT molecular complexity index is 524. The molecule has 0 radical (unpaired) electrons. The van der Waals surface area contributed by atoms with Gasteiger partial charge in [-0.25, -0.2) is 4.79 Å². The Morgan fingerprint density at radius 2 is 2.00 bits per heavy atom. The lowest BCUT2D eigenvalue weighted by molar-refractivity contribution is -0.120. The van der Waals surface area contributed by atoms with Crippen LogP contribution < -0.4 is 5.32 Å². The fourth-order valence-electron chi connectivity index (χ4n) is 2.87. The number of carbonyl (C=O) groups is 2. The van der Waals surface area contributed by atoms with Crippen LogP contribution in [-0.4, -0.2) is 36.2 Å². The number of hydrogen-bond donors (Lipinski definition) is 2. The number of benzene rings is 1. The number of aromatic carboxylic acids is 1. The summed E-state index contributed by atoms with van der Waals surface area (Å²) in [7, 11) is 0. The van der Waals surface area contributed by atoms with Crippen LogP contribution in [0.15, 0.2) is 24.3 Å². The van der Waals surface area contributed by atoms with Crippen molar-refractivity contribution in [2.75, 3.05) is 13.2 Å². The largest absolute Gasteiger partial charge is 0.478 e. The molecule has 120 valence electrons. The molecular weight excluding hydrogens is 282 g/mol. The molecule has 2 N–H and O–H groups in total. The zero-order valence-corrected chi connectivity index (χ0v) is 13.0. The van der Waals surface area contributed by atoms with Gasteiger partial charge in [0.25, 0.3) is 0 Å². The van der Waals surface area contributed by atoms with Gasteiger partial charge >= 0.3 is 5.97 Å². The van der Waals surface area contributed by atoms with Gasteiger partial charge in [-0.1, -0.05) is 26.0 Å². The van der Waals surface area contributed by atoms with E-state index in [4.69, 9.17) is 9.84 Å². The van der Waals surface area contributed by atoms with Crippen LogP contribution in [0.25, 0.3) is 0 Å². The first-order valence-corrected chi connectivity index (χ1v) is 7.68. The summed E-state index contributed by atoms with van der Waals surface area (Å²) in [6.45, 7) is 5.67. The second kappa shape index (κ2) is 7.40. The zero-order valence-electron chi connectivity index (χ0n) is 13.0. The zero-order chi connectivity index (χ0) is 16.1. The molecule has 0 aromatic heterocycles. The molecule has 1 amide bonds. The lowest BCUT2D eigenvalue weighted by atomic mass is 9.93. The van der Waals surface area contributed by atoms with Crippen LogP contribution in [0.2, 0.25) is 0 Å². The Labute approximate surface area is 130 Å². The monoisotopic (exact) mass is 305 g/mol. The van der Waals surface area contributed by atoms with Crippen LogP contribution in [0.3, 0.4) is 0 Å². The van der Waals surface area contributed by atoms with Gasteiger partial charge in [0.2, 0.25) is 5.91 Å². The first-order valence-electron chi connectivity index (χ1n) is 7.68. The first-order chi connectivity index (χ1) is 10.5. The number of carboxylic acids is 1. The minimum Gasteiger partial charge on any atom is -0.478 e. The third-order valence-corrected chi connectivity index (χ3v) is 4.05. The topological polar surface area (TPSA) is 75.6 Å². The summed E-state index contributed by atoms with van der Waals surface area (Å²) in [4.78, 5) is 22.8. The van der Waals surface area contributed by atoms with E-state index >= 15 is 0 Å². The highest BCUT2D eigenvalue weighted by molar-refractivity contribution is 5.87. The van der Waals surface area contributed by atoms with Crippen molar-refractivity contribution < 1.29 is 19.4 Å². The van der Waals surface area contributed by atoms with Crippen LogP contribution in [-0.2, 0) is 16.0 Å². The molecule has 1 aromatic rings. The van der Waals surface area contributed by atoms with Gasteiger partial charge in [0, 0.05) is 19.1 Å². The molecule has 0 saturated carbocycles. The molecule has 1 saturated heterocycles. The molecule has 1 heterocycles. The molecule has 1 aromatic carbocycles. The average molecular weight is 305 g/mol. The maximum absolute atomic E-state index is 12.0. The van der Waals surface area contributed by atoms with E-state index in [1.54, 1.807) is 12.1 Å². The molecule has 22 heavy (non-hydrogen) atoms. The molecule has 1 fully saturated rings. The molecular formula is C17H23NO4. The van der Waals surface area contributed by atoms with Crippen molar-refractivity contribution in [3.8, 4) is 0 Å². The number of carbonyl (C=O) groups excluding carboxylic acids is 1. The fraction of sp³-hybridized carbons (Fsp3) is 0.529. The summed E-state index contributed by atoms with van der Waals surface area (Å²) >= 11 is 0. The second-order valence-corrected chi connectivity index (χ2v) is 6.11. The maximum atomic E-state index is 12.0. The second-order valence-electron chi connectivity index (χ2n) is 6.11. The molecule has 2 atom stereocenters. The van der Waals surface area contributed by atoms with Crippen molar-refractivity contribution >= 4 is 11.9 Å². The number of hydrogen-bond acceptors (Lipinski definition) is 3. The Hall–Kier alpha value is -1.88. The summed E-state index contributed by atoms with van der Waals surface area (Å²) in [5.74, 6) is -0.180. The number of rotatable bonds is 6. The predicted molar refractivity (Wildman–Crippen MR) is 82.8 cm³/mol. The maximum Gasteiger partial charge on any atom is 0.335 e. The molecule has 5 heteroatoms. The van der Waals surface area contributed by atoms with E-state index in [1.165, 1.54) is 12.1 Å². The highest BCUT2D eigenvalue weighted by Gasteiger charge is 2.30. The smallest absolute Gasteiger partial charge is 0.335 e. The number of amides is 1. The molecule has 1 aliphatic rings. The van der Waals surface area contributed by atoms with Crippen molar-refractivity contribution in [2.24, 2.45) is 11.8 Å². The van der Waals surface area contributed by atoms with Gasteiger partial charge in [-0.3, -0.25) is 4.79 Å². The van der Waals surface area contributed by atoms with Gasteiger partial charge in [0.1, 0.15) is 0 Å². The van der Waals surface area contributed by atoms with Crippen LogP contribution in [0.5, 0.6) is 0 Å². The van der Waals surface area contributed by atoms with E-state index in [-0.39, 0.29) is 24.0 Å². The Morgan fingerprint density at radius 1 is 1.32 bits per heavy atom. The fourth-order valence-corrected chi connectivity index (χ4v) is 2.87. The van der Waals surface area contributed by atoms with Gasteiger partial charge in [0.05, 0.1) is 18.1 Å². The average Bonchev–Trinajstić information content (AvgIpc) is 2.94. The highest BCUT2D eigenvalue weighted by atomic mass is 16.5. The van der Waals surface area contributed by atoms with Gasteiger partial charge in [-0.15, -0.1) is 0 Å². The molecule has 0 aliphatic carbocycles. The highest BCUT2D eigenvalue weighted by Crippen LogP contribution is 2.26. The third-order valence-electron chi connectivity index (χ3n) is 4.05. The Kier molecular flexibility index (Phi) is 5.55. The van der Waals surface area contributed by atoms with E-state index in [0.29, 0.717) is 18.4 Å². The third kappa shape index (κ3) is 4.31. The molecule has 1 aliphatic heterocycles. The van der Waals surface area contributed by atoms with Gasteiger partial charge in [-0.2, -0.15) is 0 Å². The summed E-state index contributed by atoms with van der Waals surface area (Å²) in [5, 5.41) is 11.8. The quantitative estimate of drug-likeness (QED) is 0.844. The molecule has 0 spiro atoms. The lowest BCUT2D eigenvalue weighted by Gasteiger charge is -2.22. The first kappa shape index (κ1) is 16.5. The minimum absolute atomic E-state index is 0.0440. The van der Waals surface area contributed by atoms with Crippen molar-refractivity contribution in [1.29, 1.82) is 0 Å². The standard InChI is InChI=1S/C17H23NO4/c1-11(2)16-14(7-8-22-16)10-18-15(19)9-12-3-5-13(6-4-12)17(20)21/h3-6,11,14,16H,7-10H2,1-2H3,(H,18,19)(H,20,21). The molecule has 5 nitrogen and oxygen atoms in total. The summed E-state index contributed by atoms with van der Waals surface area (Å²) in [6.07, 6.45) is 1.46. The number of ether oxygens (including phenoxy) is 1. The SMILES string of the molecule is CC(C)C1OCCC1CNC(=O)Cc1ccc(C(=O)O)cc1. The van der Waals surface area contributed by atoms with Crippen LogP contribution in [0.4, 0.5) is 0 Å². The van der Waals surface area contributed by atoms with Crippen molar-refractivity contribution in [1.82, 2.24) is 5.32 Å². The van der Waals surface area contributed by atoms with Gasteiger partial charge in [0.15, 0.2) is 0 Å². The van der Waals surface area contributed by atoms with Gasteiger partial charge < -0.3 is 15.2 Å². The molecule has 2 rings (SSSR count). The summed E-state index contributed by atoms with van der Waals surface area (Å²) in [5.41, 5.74) is 1.04. The van der Waals surface area contributed by atoms with Crippen LogP contribution in [0.1, 0.15) is 36.2 Å². The molecule has 2 unspecified atom stereocenters. The summed E-state index contributed by atoms with van der Waals surface area (Å²) in [6, 6.07) is 6.40. The van der Waals surface area contributed by atoms with E-state index in [0.717, 1.165) is 18.6 Å².